The second kappa shape index (κ2) is 11.8. The molecular formula is C29H29ClN4O6S. The summed E-state index contributed by atoms with van der Waals surface area (Å²) in [5.74, 6) is 1.27. The topological polar surface area (TPSA) is 112 Å². The number of aromatic nitrogens is 2. The highest BCUT2D eigenvalue weighted by atomic mass is 35.5. The summed E-state index contributed by atoms with van der Waals surface area (Å²) in [6.07, 6.45) is 3.14. The van der Waals surface area contributed by atoms with E-state index >= 15 is 0 Å². The first-order chi connectivity index (χ1) is 19.7. The number of hydrogen-bond acceptors (Lipinski definition) is 7. The fourth-order valence-corrected chi connectivity index (χ4v) is 6.13. The van der Waals surface area contributed by atoms with E-state index in [1.165, 1.54) is 30.7 Å². The number of nitrogens with zero attached hydrogens (tertiary/aromatic N) is 3. The maximum atomic E-state index is 13.5. The Labute approximate surface area is 243 Å². The molecule has 1 saturated carbocycles. The molecule has 1 heterocycles. The van der Waals surface area contributed by atoms with Crippen LogP contribution in [-0.2, 0) is 14.8 Å². The number of sulfonamides is 1. The van der Waals surface area contributed by atoms with Crippen molar-refractivity contribution >= 4 is 33.5 Å². The molecule has 0 atom stereocenters. The summed E-state index contributed by atoms with van der Waals surface area (Å²) in [6, 6.07) is 18.3. The minimum atomic E-state index is -3.92. The Balaban J connectivity index is 1.46. The number of amides is 1. The number of anilines is 1. The van der Waals surface area contributed by atoms with Crippen molar-refractivity contribution in [1.82, 2.24) is 13.9 Å². The molecule has 3 aromatic carbocycles. The van der Waals surface area contributed by atoms with Gasteiger partial charge in [-0.25, -0.2) is 13.4 Å². The van der Waals surface area contributed by atoms with Gasteiger partial charge in [0, 0.05) is 28.9 Å². The highest BCUT2D eigenvalue weighted by Crippen LogP contribution is 2.34. The molecule has 0 radical (unpaired) electrons. The highest BCUT2D eigenvalue weighted by molar-refractivity contribution is 7.89. The molecule has 1 amide bonds. The third kappa shape index (κ3) is 6.17. The molecule has 1 aliphatic carbocycles. The normalized spacial score (nSPS) is 13.2. The lowest BCUT2D eigenvalue weighted by Gasteiger charge is -2.21. The van der Waals surface area contributed by atoms with E-state index in [-0.39, 0.29) is 23.4 Å². The zero-order valence-electron chi connectivity index (χ0n) is 22.7. The number of hydrogen-bond donors (Lipinski definition) is 1. The van der Waals surface area contributed by atoms with Gasteiger partial charge in [-0.3, -0.25) is 14.7 Å². The number of methoxy groups -OCH3 is 3. The van der Waals surface area contributed by atoms with Crippen LogP contribution in [0.5, 0.6) is 17.2 Å². The first-order valence-electron chi connectivity index (χ1n) is 12.8. The van der Waals surface area contributed by atoms with Crippen LogP contribution in [0.4, 0.5) is 5.95 Å². The van der Waals surface area contributed by atoms with Gasteiger partial charge >= 0.3 is 0 Å². The van der Waals surface area contributed by atoms with E-state index in [0.29, 0.717) is 46.5 Å². The Hall–Kier alpha value is -4.06. The summed E-state index contributed by atoms with van der Waals surface area (Å²) in [7, 11) is 0.665. The van der Waals surface area contributed by atoms with Gasteiger partial charge in [0.15, 0.2) is 11.5 Å². The molecule has 214 valence electrons. The maximum absolute atomic E-state index is 13.5. The van der Waals surface area contributed by atoms with Crippen LogP contribution >= 0.6 is 11.6 Å². The number of rotatable bonds is 11. The quantitative estimate of drug-likeness (QED) is 0.259. The van der Waals surface area contributed by atoms with Crippen LogP contribution < -0.4 is 19.5 Å². The molecular weight excluding hydrogens is 568 g/mol. The molecule has 1 N–H and O–H groups in total. The number of carbonyl (C=O) groups is 1. The summed E-state index contributed by atoms with van der Waals surface area (Å²) in [5, 5.41) is 3.40. The van der Waals surface area contributed by atoms with E-state index in [0.717, 1.165) is 5.56 Å². The lowest BCUT2D eigenvalue weighted by Crippen LogP contribution is -2.39. The van der Waals surface area contributed by atoms with Crippen molar-refractivity contribution in [1.29, 1.82) is 0 Å². The molecule has 1 aliphatic rings. The second-order valence-electron chi connectivity index (χ2n) is 9.37. The SMILES string of the molecule is COc1ccc(S(=O)(=O)N(CC(=O)Nc2nc(-c3ccc(Cl)cc3)cn2-c2ccc(OC)c(OC)c2)C2CC2)cc1. The van der Waals surface area contributed by atoms with Crippen LogP contribution in [0.1, 0.15) is 12.8 Å². The lowest BCUT2D eigenvalue weighted by atomic mass is 10.2. The van der Waals surface area contributed by atoms with Gasteiger partial charge in [0.05, 0.1) is 44.2 Å². The monoisotopic (exact) mass is 596 g/mol. The van der Waals surface area contributed by atoms with E-state index in [1.807, 2.05) is 12.1 Å². The lowest BCUT2D eigenvalue weighted by molar-refractivity contribution is -0.116. The first kappa shape index (κ1) is 28.5. The minimum absolute atomic E-state index is 0.0925. The molecule has 1 aromatic heterocycles. The van der Waals surface area contributed by atoms with Crippen LogP contribution in [0, 0.1) is 0 Å². The van der Waals surface area contributed by atoms with Gasteiger partial charge in [0.1, 0.15) is 5.75 Å². The van der Waals surface area contributed by atoms with Gasteiger partial charge in [-0.15, -0.1) is 0 Å². The molecule has 4 aromatic rings. The van der Waals surface area contributed by atoms with Crippen LogP contribution in [0.2, 0.25) is 5.02 Å². The van der Waals surface area contributed by atoms with Crippen molar-refractivity contribution in [2.75, 3.05) is 33.2 Å². The van der Waals surface area contributed by atoms with Crippen LogP contribution in [0.15, 0.2) is 77.8 Å². The summed E-state index contributed by atoms with van der Waals surface area (Å²) < 4.78 is 45.9. The predicted octanol–water partition coefficient (Wildman–Crippen LogP) is 5.01. The Morgan fingerprint density at radius 3 is 2.27 bits per heavy atom. The molecule has 5 rings (SSSR count). The zero-order chi connectivity index (χ0) is 29.1. The van der Waals surface area contributed by atoms with Crippen LogP contribution in [0.25, 0.3) is 16.9 Å². The van der Waals surface area contributed by atoms with E-state index < -0.39 is 15.9 Å². The van der Waals surface area contributed by atoms with Crippen molar-refractivity contribution in [2.24, 2.45) is 0 Å². The first-order valence-corrected chi connectivity index (χ1v) is 14.6. The molecule has 0 spiro atoms. The molecule has 0 bridgehead atoms. The number of nitrogens with one attached hydrogen (secondary N) is 1. The summed E-state index contributed by atoms with van der Waals surface area (Å²) in [6.45, 7) is -0.367. The van der Waals surface area contributed by atoms with Gasteiger partial charge in [-0.2, -0.15) is 4.31 Å². The minimum Gasteiger partial charge on any atom is -0.497 e. The van der Waals surface area contributed by atoms with Crippen molar-refractivity contribution in [2.45, 2.75) is 23.8 Å². The van der Waals surface area contributed by atoms with Crippen molar-refractivity contribution < 1.29 is 27.4 Å². The third-order valence-corrected chi connectivity index (χ3v) is 8.83. The Kier molecular flexibility index (Phi) is 8.20. The molecule has 10 nitrogen and oxygen atoms in total. The average molecular weight is 597 g/mol. The molecule has 0 aliphatic heterocycles. The maximum Gasteiger partial charge on any atom is 0.243 e. The molecule has 0 unspecified atom stereocenters. The van der Waals surface area contributed by atoms with Gasteiger partial charge in [-0.1, -0.05) is 23.7 Å². The van der Waals surface area contributed by atoms with Crippen molar-refractivity contribution in [3.63, 3.8) is 0 Å². The van der Waals surface area contributed by atoms with E-state index in [1.54, 1.807) is 60.3 Å². The molecule has 0 saturated heterocycles. The molecule has 12 heteroatoms. The van der Waals surface area contributed by atoms with Gasteiger partial charge in [0.25, 0.3) is 0 Å². The Morgan fingerprint density at radius 1 is 0.976 bits per heavy atom. The van der Waals surface area contributed by atoms with Gasteiger partial charge < -0.3 is 14.2 Å². The number of halogens is 1. The number of ether oxygens (including phenoxy) is 3. The third-order valence-electron chi connectivity index (χ3n) is 6.66. The molecule has 1 fully saturated rings. The number of carbonyl (C=O) groups excluding carboxylic acids is 1. The van der Waals surface area contributed by atoms with E-state index in [2.05, 4.69) is 10.3 Å². The Morgan fingerprint density at radius 2 is 1.66 bits per heavy atom. The highest BCUT2D eigenvalue weighted by Gasteiger charge is 2.39. The Bertz CT molecular complexity index is 1650. The summed E-state index contributed by atoms with van der Waals surface area (Å²) in [5.41, 5.74) is 2.01. The summed E-state index contributed by atoms with van der Waals surface area (Å²) in [4.78, 5) is 18.1. The van der Waals surface area contributed by atoms with Crippen molar-refractivity contribution in [3.05, 3.63) is 77.9 Å². The standard InChI is InChI=1S/C29H29ClN4O6S/c1-38-23-11-13-24(14-12-23)41(36,37)34(21-8-9-21)18-28(35)32-29-31-25(19-4-6-20(30)7-5-19)17-33(29)22-10-15-26(39-2)27(16-22)40-3/h4-7,10-17,21H,8-9,18H2,1-3H3,(H,31,32,35). The smallest absolute Gasteiger partial charge is 0.243 e. The van der Waals surface area contributed by atoms with Crippen LogP contribution in [-0.4, -0.2) is 62.1 Å². The number of imidazole rings is 1. The predicted molar refractivity (Wildman–Crippen MR) is 156 cm³/mol. The van der Waals surface area contributed by atoms with Gasteiger partial charge in [0.2, 0.25) is 21.9 Å². The largest absolute Gasteiger partial charge is 0.497 e. The van der Waals surface area contributed by atoms with Gasteiger partial charge in [-0.05, 0) is 61.4 Å². The summed E-state index contributed by atoms with van der Waals surface area (Å²) >= 11 is 6.07. The second-order valence-corrected chi connectivity index (χ2v) is 11.7. The van der Waals surface area contributed by atoms with Crippen LogP contribution in [0.3, 0.4) is 0 Å². The number of benzene rings is 3. The van der Waals surface area contributed by atoms with Crippen molar-refractivity contribution in [3.8, 4) is 34.2 Å². The van der Waals surface area contributed by atoms with E-state index in [9.17, 15) is 13.2 Å². The van der Waals surface area contributed by atoms with E-state index in [4.69, 9.17) is 25.8 Å². The zero-order valence-corrected chi connectivity index (χ0v) is 24.3. The average Bonchev–Trinajstić information content (AvgIpc) is 3.75. The molecule has 41 heavy (non-hydrogen) atoms. The fraction of sp³-hybridized carbons (Fsp3) is 0.241. The fourth-order valence-electron chi connectivity index (χ4n) is 4.36.